The molecule has 1 aromatic rings. The molecule has 74 valence electrons. The molecule has 4 rings (SSSR count). The van der Waals surface area contributed by atoms with Crippen LogP contribution in [0.4, 0.5) is 0 Å². The molecule has 0 aliphatic heterocycles. The van der Waals surface area contributed by atoms with Crippen molar-refractivity contribution in [2.45, 2.75) is 18.4 Å². The van der Waals surface area contributed by atoms with Gasteiger partial charge >= 0.3 is 0 Å². The minimum absolute atomic E-state index is 0.213. The molecular formula is C10H12BrN2O+. The molecule has 0 aromatic carbocycles. The molecule has 1 aromatic heterocycles. The zero-order valence-corrected chi connectivity index (χ0v) is 9.62. The highest BCUT2D eigenvalue weighted by atomic mass is 79.9. The third kappa shape index (κ3) is 0.956. The van der Waals surface area contributed by atoms with E-state index < -0.39 is 0 Å². The molecule has 2 bridgehead atoms. The largest absolute Gasteiger partial charge is 0.380 e. The maximum atomic E-state index is 5.20. The van der Waals surface area contributed by atoms with Gasteiger partial charge in [0, 0.05) is 13.3 Å². The average molecular weight is 256 g/mol. The summed E-state index contributed by atoms with van der Waals surface area (Å²) in [5.41, 5.74) is 0.581. The number of ether oxygens (including phenoxy) is 1. The number of hydrogen-bond donors (Lipinski definition) is 0. The van der Waals surface area contributed by atoms with Crippen LogP contribution in [0.3, 0.4) is 0 Å². The number of nitrogens with zero attached hydrogens (tertiary/aromatic N) is 2. The molecule has 0 spiro atoms. The van der Waals surface area contributed by atoms with Gasteiger partial charge in [0.2, 0.25) is 5.54 Å². The van der Waals surface area contributed by atoms with Gasteiger partial charge in [-0.15, -0.1) is 0 Å². The fourth-order valence-electron chi connectivity index (χ4n) is 2.88. The van der Waals surface area contributed by atoms with Crippen molar-refractivity contribution in [1.29, 1.82) is 0 Å². The Morgan fingerprint density at radius 1 is 1.71 bits per heavy atom. The highest BCUT2D eigenvalue weighted by molar-refractivity contribution is 9.10. The lowest BCUT2D eigenvalue weighted by Crippen LogP contribution is -2.70. The topological polar surface area (TPSA) is 27.1 Å². The van der Waals surface area contributed by atoms with Crippen LogP contribution < -0.4 is 0 Å². The third-order valence-electron chi connectivity index (χ3n) is 3.33. The van der Waals surface area contributed by atoms with Gasteiger partial charge in [-0.25, -0.2) is 4.68 Å². The molecule has 3 aliphatic rings. The molecule has 0 unspecified atom stereocenters. The maximum Gasteiger partial charge on any atom is 0.209 e. The van der Waals surface area contributed by atoms with Crippen LogP contribution in [-0.4, -0.2) is 23.5 Å². The van der Waals surface area contributed by atoms with E-state index in [4.69, 9.17) is 4.74 Å². The van der Waals surface area contributed by atoms with Gasteiger partial charge in [-0.05, 0) is 15.9 Å². The Labute approximate surface area is 91.6 Å². The SMILES string of the molecule is COCC12[CH+]C(n3cc(Br)cn3)(C1)C2. The molecule has 3 fully saturated rings. The van der Waals surface area contributed by atoms with Crippen molar-refractivity contribution in [3.63, 3.8) is 0 Å². The van der Waals surface area contributed by atoms with Gasteiger partial charge < -0.3 is 4.74 Å². The molecule has 4 heteroatoms. The summed E-state index contributed by atoms with van der Waals surface area (Å²) in [7, 11) is 1.77. The monoisotopic (exact) mass is 255 g/mol. The number of aromatic nitrogens is 2. The normalized spacial score (nSPS) is 38.4. The Bertz CT molecular complexity index is 354. The van der Waals surface area contributed by atoms with Crippen LogP contribution >= 0.6 is 15.9 Å². The Morgan fingerprint density at radius 2 is 2.43 bits per heavy atom. The van der Waals surface area contributed by atoms with Crippen molar-refractivity contribution < 1.29 is 4.74 Å². The first-order valence-electron chi connectivity index (χ1n) is 4.75. The van der Waals surface area contributed by atoms with E-state index in [2.05, 4.69) is 32.1 Å². The van der Waals surface area contributed by atoms with E-state index in [9.17, 15) is 0 Å². The summed E-state index contributed by atoms with van der Waals surface area (Å²) in [4.78, 5) is 0. The van der Waals surface area contributed by atoms with E-state index in [0.717, 1.165) is 11.1 Å². The highest BCUT2D eigenvalue weighted by Crippen LogP contribution is 2.70. The summed E-state index contributed by atoms with van der Waals surface area (Å²) in [6.07, 6.45) is 8.64. The first-order valence-corrected chi connectivity index (χ1v) is 5.54. The van der Waals surface area contributed by atoms with Gasteiger partial charge in [-0.3, -0.25) is 0 Å². The van der Waals surface area contributed by atoms with E-state index >= 15 is 0 Å². The lowest BCUT2D eigenvalue weighted by atomic mass is 9.39. The number of rotatable bonds is 3. The van der Waals surface area contributed by atoms with Crippen molar-refractivity contribution in [1.82, 2.24) is 9.78 Å². The second-order valence-electron chi connectivity index (χ2n) is 4.50. The highest BCUT2D eigenvalue weighted by Gasteiger charge is 2.80. The standard InChI is InChI=1S/C10H12BrN2O/c1-14-7-9-4-10(5-9,6-9)13-3-8(11)2-12-13/h2-4H,5-7H2,1H3/q+1. The molecule has 0 saturated heterocycles. The predicted octanol–water partition coefficient (Wildman–Crippen LogP) is 1.99. The van der Waals surface area contributed by atoms with Crippen LogP contribution in [0, 0.1) is 11.8 Å². The average Bonchev–Trinajstić information content (AvgIpc) is 2.41. The quantitative estimate of drug-likeness (QED) is 0.773. The van der Waals surface area contributed by atoms with E-state index in [-0.39, 0.29) is 5.54 Å². The predicted molar refractivity (Wildman–Crippen MR) is 55.7 cm³/mol. The summed E-state index contributed by atoms with van der Waals surface area (Å²) in [6, 6.07) is 0. The molecular weight excluding hydrogens is 244 g/mol. The van der Waals surface area contributed by atoms with Crippen LogP contribution in [0.2, 0.25) is 0 Å². The van der Waals surface area contributed by atoms with Crippen molar-refractivity contribution in [3.05, 3.63) is 23.3 Å². The van der Waals surface area contributed by atoms with Gasteiger partial charge in [-0.1, -0.05) is 0 Å². The lowest BCUT2D eigenvalue weighted by molar-refractivity contribution is -0.147. The third-order valence-corrected chi connectivity index (χ3v) is 3.74. The fraction of sp³-hybridized carbons (Fsp3) is 0.600. The molecule has 0 atom stereocenters. The summed E-state index contributed by atoms with van der Waals surface area (Å²) in [6.45, 7) is 0.858. The molecule has 3 aliphatic carbocycles. The van der Waals surface area contributed by atoms with Crippen LogP contribution in [-0.2, 0) is 10.3 Å². The zero-order valence-electron chi connectivity index (χ0n) is 8.03. The van der Waals surface area contributed by atoms with Gasteiger partial charge in [-0.2, -0.15) is 5.10 Å². The van der Waals surface area contributed by atoms with Gasteiger partial charge in [0.05, 0.1) is 30.1 Å². The molecule has 0 radical (unpaired) electrons. The maximum absolute atomic E-state index is 5.20. The first-order chi connectivity index (χ1) is 6.68. The summed E-state index contributed by atoms with van der Waals surface area (Å²) in [5.74, 6) is 0. The molecule has 0 N–H and O–H groups in total. The van der Waals surface area contributed by atoms with Gasteiger partial charge in [0.1, 0.15) is 11.8 Å². The minimum atomic E-state index is 0.213. The summed E-state index contributed by atoms with van der Waals surface area (Å²) >= 11 is 3.42. The Kier molecular flexibility index (Phi) is 1.60. The van der Waals surface area contributed by atoms with E-state index in [1.807, 2.05) is 12.4 Å². The van der Waals surface area contributed by atoms with E-state index in [0.29, 0.717) is 5.41 Å². The molecule has 1 heterocycles. The summed E-state index contributed by atoms with van der Waals surface area (Å²) < 4.78 is 8.32. The van der Waals surface area contributed by atoms with Gasteiger partial charge in [0.25, 0.3) is 0 Å². The second kappa shape index (κ2) is 2.55. The zero-order chi connectivity index (χ0) is 9.81. The van der Waals surface area contributed by atoms with Crippen molar-refractivity contribution in [3.8, 4) is 0 Å². The van der Waals surface area contributed by atoms with Crippen molar-refractivity contribution >= 4 is 15.9 Å². The van der Waals surface area contributed by atoms with Crippen LogP contribution in [0.25, 0.3) is 0 Å². The first kappa shape index (κ1) is 8.80. The fourth-order valence-corrected chi connectivity index (χ4v) is 3.17. The van der Waals surface area contributed by atoms with E-state index in [1.54, 1.807) is 7.11 Å². The smallest absolute Gasteiger partial charge is 0.209 e. The van der Waals surface area contributed by atoms with Gasteiger partial charge in [0.15, 0.2) is 0 Å². The number of halogens is 1. The Morgan fingerprint density at radius 3 is 2.93 bits per heavy atom. The molecule has 3 saturated carbocycles. The molecule has 3 nitrogen and oxygen atoms in total. The molecule has 14 heavy (non-hydrogen) atoms. The Balaban J connectivity index is 1.75. The number of methoxy groups -OCH3 is 1. The van der Waals surface area contributed by atoms with Crippen molar-refractivity contribution in [2.24, 2.45) is 5.41 Å². The van der Waals surface area contributed by atoms with Crippen LogP contribution in [0.15, 0.2) is 16.9 Å². The van der Waals surface area contributed by atoms with Crippen molar-refractivity contribution in [2.75, 3.05) is 13.7 Å². The molecule has 0 amide bonds. The second-order valence-corrected chi connectivity index (χ2v) is 5.42. The Hall–Kier alpha value is -0.480. The van der Waals surface area contributed by atoms with Crippen LogP contribution in [0.5, 0.6) is 0 Å². The lowest BCUT2D eigenvalue weighted by Gasteiger charge is -2.58. The van der Waals surface area contributed by atoms with Crippen LogP contribution in [0.1, 0.15) is 12.8 Å². The number of hydrogen-bond acceptors (Lipinski definition) is 2. The summed E-state index contributed by atoms with van der Waals surface area (Å²) in [5, 5.41) is 4.34. The van der Waals surface area contributed by atoms with E-state index in [1.165, 1.54) is 12.8 Å². The minimum Gasteiger partial charge on any atom is -0.380 e.